The Bertz CT molecular complexity index is 584. The molecule has 94 valence electrons. The number of carbonyl (C=O) groups is 1. The van der Waals surface area contributed by atoms with Crippen LogP contribution >= 0.6 is 22.9 Å². The minimum Gasteiger partial charge on any atom is -0.397 e. The van der Waals surface area contributed by atoms with Gasteiger partial charge in [-0.2, -0.15) is 0 Å². The van der Waals surface area contributed by atoms with Crippen LogP contribution in [-0.2, 0) is 6.54 Å². The number of nitrogens with zero attached hydrogens (tertiary/aromatic N) is 1. The van der Waals surface area contributed by atoms with Crippen molar-refractivity contribution in [1.82, 2.24) is 4.98 Å². The Balaban J connectivity index is 2.16. The van der Waals surface area contributed by atoms with Crippen LogP contribution in [0.3, 0.4) is 0 Å². The molecule has 0 spiro atoms. The molecule has 0 aliphatic heterocycles. The van der Waals surface area contributed by atoms with Gasteiger partial charge < -0.3 is 16.8 Å². The average molecular weight is 283 g/mol. The van der Waals surface area contributed by atoms with Crippen molar-refractivity contribution >= 4 is 40.4 Å². The molecule has 0 atom stereocenters. The summed E-state index contributed by atoms with van der Waals surface area (Å²) in [4.78, 5) is 16.3. The van der Waals surface area contributed by atoms with Crippen molar-refractivity contribution in [2.75, 3.05) is 11.1 Å². The van der Waals surface area contributed by atoms with Crippen molar-refractivity contribution in [1.29, 1.82) is 0 Å². The van der Waals surface area contributed by atoms with Crippen LogP contribution in [0.4, 0.5) is 11.5 Å². The fourth-order valence-corrected chi connectivity index (χ4v) is 2.45. The van der Waals surface area contributed by atoms with E-state index in [9.17, 15) is 4.79 Å². The highest BCUT2D eigenvalue weighted by Crippen LogP contribution is 2.23. The summed E-state index contributed by atoms with van der Waals surface area (Å²) < 4.78 is 0.715. The predicted molar refractivity (Wildman–Crippen MR) is 73.8 cm³/mol. The summed E-state index contributed by atoms with van der Waals surface area (Å²) in [6.07, 6.45) is 1.47. The first-order valence-electron chi connectivity index (χ1n) is 5.09. The van der Waals surface area contributed by atoms with Gasteiger partial charge in [0.2, 0.25) is 0 Å². The van der Waals surface area contributed by atoms with E-state index in [1.165, 1.54) is 23.6 Å². The van der Waals surface area contributed by atoms with Gasteiger partial charge in [0.15, 0.2) is 0 Å². The number of halogens is 1. The summed E-state index contributed by atoms with van der Waals surface area (Å²) >= 11 is 7.29. The number of carbonyl (C=O) groups excluding carboxylic acids is 1. The van der Waals surface area contributed by atoms with E-state index < -0.39 is 5.91 Å². The molecule has 5 nitrogen and oxygen atoms in total. The van der Waals surface area contributed by atoms with E-state index in [-0.39, 0.29) is 5.56 Å². The predicted octanol–water partition coefficient (Wildman–Crippen LogP) is 2.09. The third-order valence-corrected chi connectivity index (χ3v) is 3.46. The number of aromatic nitrogens is 1. The van der Waals surface area contributed by atoms with Crippen LogP contribution in [0.5, 0.6) is 0 Å². The molecule has 0 aromatic carbocycles. The number of rotatable bonds is 4. The molecule has 0 aliphatic rings. The van der Waals surface area contributed by atoms with Gasteiger partial charge in [0.1, 0.15) is 5.82 Å². The van der Waals surface area contributed by atoms with Gasteiger partial charge in [0.05, 0.1) is 28.3 Å². The zero-order valence-corrected chi connectivity index (χ0v) is 10.9. The Morgan fingerprint density at radius 2 is 2.28 bits per heavy atom. The first-order valence-corrected chi connectivity index (χ1v) is 6.29. The Labute approximate surface area is 113 Å². The highest BCUT2D eigenvalue weighted by molar-refractivity contribution is 7.16. The maximum Gasteiger partial charge on any atom is 0.252 e. The second-order valence-corrected chi connectivity index (χ2v) is 5.39. The molecule has 0 radical (unpaired) electrons. The lowest BCUT2D eigenvalue weighted by Gasteiger charge is -2.08. The summed E-state index contributed by atoms with van der Waals surface area (Å²) in [6.45, 7) is 0.522. The number of hydrogen-bond donors (Lipinski definition) is 3. The number of thiophene rings is 1. The highest BCUT2D eigenvalue weighted by atomic mass is 35.5. The van der Waals surface area contributed by atoms with E-state index in [2.05, 4.69) is 10.3 Å². The van der Waals surface area contributed by atoms with Gasteiger partial charge in [-0.25, -0.2) is 4.98 Å². The summed E-state index contributed by atoms with van der Waals surface area (Å²) in [5.74, 6) is -0.150. The number of nitrogen functional groups attached to an aromatic ring is 1. The Morgan fingerprint density at radius 3 is 2.89 bits per heavy atom. The molecule has 0 bridgehead atoms. The average Bonchev–Trinajstić information content (AvgIpc) is 2.73. The molecule has 2 rings (SSSR count). The van der Waals surface area contributed by atoms with E-state index in [0.717, 1.165) is 4.88 Å². The largest absolute Gasteiger partial charge is 0.397 e. The van der Waals surface area contributed by atoms with Crippen LogP contribution in [-0.4, -0.2) is 10.9 Å². The quantitative estimate of drug-likeness (QED) is 0.800. The molecule has 18 heavy (non-hydrogen) atoms. The van der Waals surface area contributed by atoms with Crippen LogP contribution in [0.15, 0.2) is 24.4 Å². The van der Waals surface area contributed by atoms with Crippen molar-refractivity contribution in [2.24, 2.45) is 5.73 Å². The minimum absolute atomic E-state index is 0.276. The van der Waals surface area contributed by atoms with E-state index in [1.54, 1.807) is 0 Å². The highest BCUT2D eigenvalue weighted by Gasteiger charge is 2.10. The van der Waals surface area contributed by atoms with Crippen molar-refractivity contribution < 1.29 is 4.79 Å². The molecule has 0 saturated carbocycles. The van der Waals surface area contributed by atoms with Gasteiger partial charge in [-0.05, 0) is 18.2 Å². The first-order chi connectivity index (χ1) is 8.56. The molecule has 0 saturated heterocycles. The molecule has 0 aliphatic carbocycles. The Morgan fingerprint density at radius 1 is 1.50 bits per heavy atom. The molecule has 2 aromatic heterocycles. The summed E-state index contributed by atoms with van der Waals surface area (Å²) in [6, 6.07) is 5.22. The minimum atomic E-state index is -0.568. The fourth-order valence-electron chi connectivity index (χ4n) is 1.43. The number of amides is 1. The Kier molecular flexibility index (Phi) is 3.69. The van der Waals surface area contributed by atoms with Gasteiger partial charge in [-0.15, -0.1) is 11.3 Å². The lowest BCUT2D eigenvalue weighted by atomic mass is 10.2. The first kappa shape index (κ1) is 12.7. The van der Waals surface area contributed by atoms with E-state index >= 15 is 0 Å². The van der Waals surface area contributed by atoms with Gasteiger partial charge in [-0.3, -0.25) is 4.79 Å². The third kappa shape index (κ3) is 2.91. The maximum absolute atomic E-state index is 11.3. The third-order valence-electron chi connectivity index (χ3n) is 2.23. The molecule has 2 heterocycles. The number of nitrogens with two attached hydrogens (primary N) is 2. The number of primary amides is 1. The lowest BCUT2D eigenvalue weighted by molar-refractivity contribution is 0.100. The van der Waals surface area contributed by atoms with Crippen molar-refractivity contribution in [3.63, 3.8) is 0 Å². The maximum atomic E-state index is 11.3. The standard InChI is InChI=1S/C11H11ClN4OS/c12-9-2-1-7(18-9)5-16-11-8(10(14)17)3-6(13)4-15-11/h1-4H,5,13H2,(H2,14,17)(H,15,16). The number of nitrogens with one attached hydrogen (secondary N) is 1. The van der Waals surface area contributed by atoms with Crippen molar-refractivity contribution in [3.8, 4) is 0 Å². The molecule has 1 amide bonds. The molecule has 0 fully saturated rings. The number of hydrogen-bond acceptors (Lipinski definition) is 5. The molecular weight excluding hydrogens is 272 g/mol. The van der Waals surface area contributed by atoms with Crippen LogP contribution in [0.1, 0.15) is 15.2 Å². The molecule has 0 unspecified atom stereocenters. The van der Waals surface area contributed by atoms with E-state index in [4.69, 9.17) is 23.1 Å². The SMILES string of the molecule is NC(=O)c1cc(N)cnc1NCc1ccc(Cl)s1. The molecular formula is C11H11ClN4OS. The lowest BCUT2D eigenvalue weighted by Crippen LogP contribution is -2.15. The number of anilines is 2. The molecule has 2 aromatic rings. The van der Waals surface area contributed by atoms with Gasteiger partial charge in [0.25, 0.3) is 5.91 Å². The second kappa shape index (κ2) is 5.24. The van der Waals surface area contributed by atoms with Gasteiger partial charge in [-0.1, -0.05) is 11.6 Å². The summed E-state index contributed by atoms with van der Waals surface area (Å²) in [7, 11) is 0. The fraction of sp³-hybridized carbons (Fsp3) is 0.0909. The molecule has 7 heteroatoms. The second-order valence-electron chi connectivity index (χ2n) is 3.59. The topological polar surface area (TPSA) is 94.0 Å². The van der Waals surface area contributed by atoms with E-state index in [0.29, 0.717) is 22.4 Å². The number of pyridine rings is 1. The normalized spacial score (nSPS) is 10.3. The van der Waals surface area contributed by atoms with Crippen LogP contribution in [0.2, 0.25) is 4.34 Å². The van der Waals surface area contributed by atoms with Crippen molar-refractivity contribution in [3.05, 3.63) is 39.2 Å². The van der Waals surface area contributed by atoms with Crippen LogP contribution in [0, 0.1) is 0 Å². The van der Waals surface area contributed by atoms with Gasteiger partial charge in [0, 0.05) is 4.88 Å². The van der Waals surface area contributed by atoms with Crippen LogP contribution < -0.4 is 16.8 Å². The zero-order valence-electron chi connectivity index (χ0n) is 9.31. The summed E-state index contributed by atoms with van der Waals surface area (Å²) in [5, 5.41) is 3.04. The summed E-state index contributed by atoms with van der Waals surface area (Å²) in [5.41, 5.74) is 11.5. The smallest absolute Gasteiger partial charge is 0.252 e. The van der Waals surface area contributed by atoms with Crippen molar-refractivity contribution in [2.45, 2.75) is 6.54 Å². The zero-order chi connectivity index (χ0) is 13.1. The monoisotopic (exact) mass is 282 g/mol. The van der Waals surface area contributed by atoms with E-state index in [1.807, 2.05) is 12.1 Å². The van der Waals surface area contributed by atoms with Gasteiger partial charge >= 0.3 is 0 Å². The van der Waals surface area contributed by atoms with Crippen LogP contribution in [0.25, 0.3) is 0 Å². The molecule has 5 N–H and O–H groups in total. The Hall–Kier alpha value is -1.79.